The second-order valence-electron chi connectivity index (χ2n) is 4.68. The number of methoxy groups -OCH3 is 1. The van der Waals surface area contributed by atoms with Crippen molar-refractivity contribution in [3.63, 3.8) is 0 Å². The van der Waals surface area contributed by atoms with Gasteiger partial charge in [-0.15, -0.1) is 6.58 Å². The summed E-state index contributed by atoms with van der Waals surface area (Å²) in [6.07, 6.45) is 1.78. The lowest BCUT2D eigenvalue weighted by atomic mass is 9.96. The first-order valence-corrected chi connectivity index (χ1v) is 7.72. The van der Waals surface area contributed by atoms with Crippen molar-refractivity contribution >= 4 is 22.9 Å². The number of thioether (sulfide) groups is 1. The van der Waals surface area contributed by atoms with Crippen molar-refractivity contribution in [2.75, 3.05) is 12.9 Å². The van der Waals surface area contributed by atoms with Gasteiger partial charge in [-0.1, -0.05) is 30.0 Å². The van der Waals surface area contributed by atoms with Gasteiger partial charge in [0.05, 0.1) is 12.7 Å². The first kappa shape index (κ1) is 16.2. The molecule has 6 heteroatoms. The van der Waals surface area contributed by atoms with Crippen LogP contribution in [0.15, 0.2) is 53.2 Å². The third-order valence-electron chi connectivity index (χ3n) is 3.20. The summed E-state index contributed by atoms with van der Waals surface area (Å²) in [5.74, 6) is 0.398. The molecule has 116 valence electrons. The highest BCUT2D eigenvalue weighted by atomic mass is 32.2. The van der Waals surface area contributed by atoms with Gasteiger partial charge in [0.1, 0.15) is 11.8 Å². The van der Waals surface area contributed by atoms with Gasteiger partial charge in [-0.2, -0.15) is 0 Å². The highest BCUT2D eigenvalue weighted by Gasteiger charge is 2.29. The minimum absolute atomic E-state index is 0.246. The Hall–Kier alpha value is -2.21. The fraction of sp³-hybridized carbons (Fsp3) is 0.250. The largest absolute Gasteiger partial charge is 0.497 e. The number of nitrogens with zero attached hydrogens (tertiary/aromatic N) is 1. The van der Waals surface area contributed by atoms with Crippen LogP contribution in [0, 0.1) is 0 Å². The maximum Gasteiger partial charge on any atom is 0.335 e. The molecule has 1 aliphatic heterocycles. The molecule has 0 aliphatic carbocycles. The second kappa shape index (κ2) is 7.17. The second-order valence-corrected chi connectivity index (χ2v) is 5.69. The molecular weight excluding hydrogens is 300 g/mol. The summed E-state index contributed by atoms with van der Waals surface area (Å²) in [6.45, 7) is 5.43. The Balaban J connectivity index is 2.44. The van der Waals surface area contributed by atoms with Crippen molar-refractivity contribution in [3.8, 4) is 5.75 Å². The monoisotopic (exact) mass is 318 g/mol. The van der Waals surface area contributed by atoms with E-state index in [0.29, 0.717) is 22.4 Å². The number of rotatable bonds is 5. The topological polar surface area (TPSA) is 70.9 Å². The van der Waals surface area contributed by atoms with Crippen molar-refractivity contribution in [1.82, 2.24) is 5.32 Å². The molecule has 0 amide bonds. The fourth-order valence-corrected chi connectivity index (χ4v) is 2.87. The fourth-order valence-electron chi connectivity index (χ4n) is 2.19. The molecule has 5 nitrogen and oxygen atoms in total. The van der Waals surface area contributed by atoms with E-state index in [9.17, 15) is 9.90 Å². The average Bonchev–Trinajstić information content (AvgIpc) is 2.51. The van der Waals surface area contributed by atoms with Crippen LogP contribution in [-0.4, -0.2) is 29.1 Å². The van der Waals surface area contributed by atoms with Gasteiger partial charge in [0.15, 0.2) is 5.17 Å². The van der Waals surface area contributed by atoms with E-state index in [-0.39, 0.29) is 5.57 Å². The van der Waals surface area contributed by atoms with Gasteiger partial charge in [-0.3, -0.25) is 0 Å². The van der Waals surface area contributed by atoms with Gasteiger partial charge in [0, 0.05) is 11.4 Å². The zero-order valence-electron chi connectivity index (χ0n) is 12.5. The molecule has 0 bridgehead atoms. The van der Waals surface area contributed by atoms with Crippen LogP contribution in [0.3, 0.4) is 0 Å². The number of aliphatic carboxylic acids is 1. The minimum atomic E-state index is -0.977. The Bertz CT molecular complexity index is 653. The maximum atomic E-state index is 11.6. The summed E-state index contributed by atoms with van der Waals surface area (Å²) in [6, 6.07) is 6.76. The van der Waals surface area contributed by atoms with E-state index in [1.807, 2.05) is 24.3 Å². The Labute approximate surface area is 133 Å². The smallest absolute Gasteiger partial charge is 0.335 e. The quantitative estimate of drug-likeness (QED) is 0.817. The number of allylic oxidation sites excluding steroid dienone is 1. The molecule has 0 saturated heterocycles. The number of hydrogen-bond acceptors (Lipinski definition) is 5. The number of hydrogen-bond donors (Lipinski definition) is 2. The van der Waals surface area contributed by atoms with Crippen molar-refractivity contribution in [2.24, 2.45) is 4.99 Å². The van der Waals surface area contributed by atoms with Gasteiger partial charge in [-0.05, 0) is 24.6 Å². The first-order valence-electron chi connectivity index (χ1n) is 6.73. The Morgan fingerprint density at radius 1 is 1.59 bits per heavy atom. The first-order chi connectivity index (χ1) is 10.6. The lowest BCUT2D eigenvalue weighted by Crippen LogP contribution is -2.29. The number of ether oxygens (including phenoxy) is 1. The van der Waals surface area contributed by atoms with Gasteiger partial charge >= 0.3 is 5.97 Å². The van der Waals surface area contributed by atoms with Crippen LogP contribution in [-0.2, 0) is 4.79 Å². The number of carbonyl (C=O) groups is 1. The van der Waals surface area contributed by atoms with Crippen molar-refractivity contribution in [1.29, 1.82) is 0 Å². The number of carboxylic acids is 1. The van der Waals surface area contributed by atoms with Crippen LogP contribution in [0.2, 0.25) is 0 Å². The van der Waals surface area contributed by atoms with Crippen molar-refractivity contribution in [2.45, 2.75) is 13.0 Å². The SMILES string of the molecule is C=CCSC1=NC(c2cccc(OC)c2)C(C(=O)O)=C(C)N1. The van der Waals surface area contributed by atoms with Crippen LogP contribution in [0.25, 0.3) is 0 Å². The summed E-state index contributed by atoms with van der Waals surface area (Å²) < 4.78 is 5.21. The summed E-state index contributed by atoms with van der Waals surface area (Å²) in [5, 5.41) is 13.2. The molecule has 1 unspecified atom stereocenters. The number of amidine groups is 1. The molecule has 0 radical (unpaired) electrons. The third-order valence-corrected chi connectivity index (χ3v) is 4.08. The Kier molecular flexibility index (Phi) is 5.27. The van der Waals surface area contributed by atoms with Crippen molar-refractivity contribution < 1.29 is 14.6 Å². The number of benzene rings is 1. The van der Waals surface area contributed by atoms with Gasteiger partial charge in [0.25, 0.3) is 0 Å². The lowest BCUT2D eigenvalue weighted by Gasteiger charge is -2.24. The van der Waals surface area contributed by atoms with E-state index in [1.165, 1.54) is 11.8 Å². The molecule has 0 saturated carbocycles. The van der Waals surface area contributed by atoms with Gasteiger partial charge in [-0.25, -0.2) is 9.79 Å². The van der Waals surface area contributed by atoms with Crippen molar-refractivity contribution in [3.05, 3.63) is 53.8 Å². The van der Waals surface area contributed by atoms with E-state index < -0.39 is 12.0 Å². The molecule has 2 rings (SSSR count). The predicted molar refractivity (Wildman–Crippen MR) is 89.3 cm³/mol. The average molecular weight is 318 g/mol. The third kappa shape index (κ3) is 3.51. The summed E-state index contributed by atoms with van der Waals surface area (Å²) in [5.41, 5.74) is 1.63. The van der Waals surface area contributed by atoms with Crippen LogP contribution in [0.5, 0.6) is 5.75 Å². The normalized spacial score (nSPS) is 17.5. The van der Waals surface area contributed by atoms with E-state index >= 15 is 0 Å². The summed E-state index contributed by atoms with van der Waals surface area (Å²) in [7, 11) is 1.58. The zero-order chi connectivity index (χ0) is 16.1. The number of nitrogens with one attached hydrogen (secondary N) is 1. The standard InChI is InChI=1S/C16H18N2O3S/c1-4-8-22-16-17-10(2)13(15(19)20)14(18-16)11-6-5-7-12(9-11)21-3/h4-7,9,14H,1,8H2,2-3H3,(H,17,18)(H,19,20). The van der Waals surface area contributed by atoms with Crippen LogP contribution < -0.4 is 10.1 Å². The van der Waals surface area contributed by atoms with E-state index in [1.54, 1.807) is 20.1 Å². The molecule has 0 aromatic heterocycles. The number of aliphatic imine (C=N–C) groups is 1. The summed E-state index contributed by atoms with van der Waals surface area (Å²) in [4.78, 5) is 16.1. The predicted octanol–water partition coefficient (Wildman–Crippen LogP) is 2.97. The van der Waals surface area contributed by atoms with Gasteiger partial charge in [0.2, 0.25) is 0 Å². The molecule has 22 heavy (non-hydrogen) atoms. The molecule has 0 fully saturated rings. The van der Waals surface area contributed by atoms with E-state index in [2.05, 4.69) is 16.9 Å². The molecule has 1 atom stereocenters. The van der Waals surface area contributed by atoms with Gasteiger partial charge < -0.3 is 15.2 Å². The molecule has 1 aromatic carbocycles. The maximum absolute atomic E-state index is 11.6. The molecule has 1 heterocycles. The molecule has 1 aliphatic rings. The highest BCUT2D eigenvalue weighted by molar-refractivity contribution is 8.13. The molecular formula is C16H18N2O3S. The van der Waals surface area contributed by atoms with Crippen LogP contribution in [0.4, 0.5) is 0 Å². The molecule has 0 spiro atoms. The Morgan fingerprint density at radius 3 is 3.00 bits per heavy atom. The molecule has 1 aromatic rings. The van der Waals surface area contributed by atoms with Crippen LogP contribution in [0.1, 0.15) is 18.5 Å². The van der Waals surface area contributed by atoms with E-state index in [4.69, 9.17) is 4.74 Å². The number of carboxylic acid groups (broad SMARTS) is 1. The molecule has 2 N–H and O–H groups in total. The minimum Gasteiger partial charge on any atom is -0.497 e. The lowest BCUT2D eigenvalue weighted by molar-refractivity contribution is -0.133. The summed E-state index contributed by atoms with van der Waals surface area (Å²) >= 11 is 1.49. The highest BCUT2D eigenvalue weighted by Crippen LogP contribution is 2.33. The zero-order valence-corrected chi connectivity index (χ0v) is 13.3. The van der Waals surface area contributed by atoms with E-state index in [0.717, 1.165) is 5.56 Å². The Morgan fingerprint density at radius 2 is 2.36 bits per heavy atom. The van der Waals surface area contributed by atoms with Crippen LogP contribution >= 0.6 is 11.8 Å².